The molecule has 0 saturated carbocycles. The first kappa shape index (κ1) is 26.2. The fourth-order valence-electron chi connectivity index (χ4n) is 3.48. The monoisotopic (exact) mass is 385 g/mol. The van der Waals surface area contributed by atoms with Crippen LogP contribution in [0.4, 0.5) is 4.79 Å². The molecule has 27 heavy (non-hydrogen) atoms. The summed E-state index contributed by atoms with van der Waals surface area (Å²) in [6.45, 7) is 5.54. The van der Waals surface area contributed by atoms with E-state index in [0.717, 1.165) is 12.8 Å². The molecule has 1 N–H and O–H groups in total. The molecule has 0 bridgehead atoms. The molecule has 4 heteroatoms. The predicted octanol–water partition coefficient (Wildman–Crippen LogP) is 6.70. The van der Waals surface area contributed by atoms with Gasteiger partial charge in [0.2, 0.25) is 0 Å². The summed E-state index contributed by atoms with van der Waals surface area (Å²) >= 11 is 0. The number of rotatable bonds is 20. The van der Waals surface area contributed by atoms with Gasteiger partial charge in [-0.3, -0.25) is 0 Å². The van der Waals surface area contributed by atoms with Gasteiger partial charge in [0.05, 0.1) is 13.2 Å². The third-order valence-corrected chi connectivity index (χ3v) is 5.18. The number of carbonyl (C=O) groups is 1. The van der Waals surface area contributed by atoms with Gasteiger partial charge < -0.3 is 14.7 Å². The van der Waals surface area contributed by atoms with Crippen molar-refractivity contribution in [3.05, 3.63) is 0 Å². The van der Waals surface area contributed by atoms with Gasteiger partial charge in [-0.25, -0.2) is 4.79 Å². The Morgan fingerprint density at radius 1 is 0.667 bits per heavy atom. The molecule has 0 aliphatic carbocycles. The highest BCUT2D eigenvalue weighted by atomic mass is 16.6. The number of aliphatic hydroxyl groups is 1. The van der Waals surface area contributed by atoms with Crippen molar-refractivity contribution in [2.45, 2.75) is 117 Å². The van der Waals surface area contributed by atoms with Crippen molar-refractivity contribution in [1.29, 1.82) is 0 Å². The van der Waals surface area contributed by atoms with E-state index in [-0.39, 0.29) is 12.7 Å². The second kappa shape index (κ2) is 21.5. The van der Waals surface area contributed by atoms with E-state index in [1.54, 1.807) is 4.90 Å². The second-order valence-electron chi connectivity index (χ2n) is 7.71. The molecule has 0 radical (unpaired) electrons. The molecule has 0 fully saturated rings. The highest BCUT2D eigenvalue weighted by Crippen LogP contribution is 2.13. The van der Waals surface area contributed by atoms with Crippen LogP contribution in [0, 0.1) is 0 Å². The minimum Gasteiger partial charge on any atom is -0.450 e. The van der Waals surface area contributed by atoms with E-state index < -0.39 is 0 Å². The van der Waals surface area contributed by atoms with E-state index in [1.165, 1.54) is 89.9 Å². The van der Waals surface area contributed by atoms with Gasteiger partial charge in [-0.1, -0.05) is 103 Å². The quantitative estimate of drug-likeness (QED) is 0.237. The summed E-state index contributed by atoms with van der Waals surface area (Å²) in [6, 6.07) is 0. The fraction of sp³-hybridized carbons (Fsp3) is 0.957. The van der Waals surface area contributed by atoms with Crippen LogP contribution in [0.1, 0.15) is 117 Å². The lowest BCUT2D eigenvalue weighted by atomic mass is 10.0. The molecule has 0 atom stereocenters. The summed E-state index contributed by atoms with van der Waals surface area (Å²) in [7, 11) is 0. The summed E-state index contributed by atoms with van der Waals surface area (Å²) < 4.78 is 5.01. The number of ether oxygens (including phenoxy) is 1. The van der Waals surface area contributed by atoms with Gasteiger partial charge in [-0.15, -0.1) is 0 Å². The summed E-state index contributed by atoms with van der Waals surface area (Å²) in [6.07, 6.45) is 21.2. The van der Waals surface area contributed by atoms with Crippen molar-refractivity contribution in [3.8, 4) is 0 Å². The Bertz CT molecular complexity index is 310. The molecular weight excluding hydrogens is 338 g/mol. The smallest absolute Gasteiger partial charge is 0.409 e. The first-order valence-corrected chi connectivity index (χ1v) is 11.8. The Labute approximate surface area is 169 Å². The van der Waals surface area contributed by atoms with Crippen LogP contribution >= 0.6 is 0 Å². The largest absolute Gasteiger partial charge is 0.450 e. The van der Waals surface area contributed by atoms with Gasteiger partial charge in [0.25, 0.3) is 0 Å². The third kappa shape index (κ3) is 18.4. The molecule has 162 valence electrons. The number of unbranched alkanes of at least 4 members (excludes halogenated alkanes) is 15. The predicted molar refractivity (Wildman–Crippen MR) is 115 cm³/mol. The molecule has 4 nitrogen and oxygen atoms in total. The van der Waals surface area contributed by atoms with Crippen LogP contribution in [0.15, 0.2) is 0 Å². The maximum absolute atomic E-state index is 11.7. The maximum atomic E-state index is 11.7. The Balaban J connectivity index is 3.31. The molecule has 0 aromatic heterocycles. The lowest BCUT2D eigenvalue weighted by molar-refractivity contribution is 0.0976. The molecular formula is C23H47NO3. The van der Waals surface area contributed by atoms with Crippen LogP contribution in [-0.4, -0.2) is 42.4 Å². The molecule has 0 rings (SSSR count). The van der Waals surface area contributed by atoms with Crippen molar-refractivity contribution in [2.24, 2.45) is 0 Å². The van der Waals surface area contributed by atoms with Crippen LogP contribution in [0.25, 0.3) is 0 Å². The van der Waals surface area contributed by atoms with E-state index in [0.29, 0.717) is 19.7 Å². The standard InChI is InChI=1S/C23H47NO3/c1-3-5-6-7-8-9-10-11-12-13-14-15-16-17-18-19-20-24(21-22-25)23(26)27-4-2/h25H,3-22H2,1-2H3. The Morgan fingerprint density at radius 2 is 1.07 bits per heavy atom. The fourth-order valence-corrected chi connectivity index (χ4v) is 3.48. The number of nitrogens with zero attached hydrogens (tertiary/aromatic N) is 1. The van der Waals surface area contributed by atoms with Crippen molar-refractivity contribution in [2.75, 3.05) is 26.3 Å². The lowest BCUT2D eigenvalue weighted by Gasteiger charge is -2.20. The number of aliphatic hydroxyl groups excluding tert-OH is 1. The van der Waals surface area contributed by atoms with Gasteiger partial charge in [0, 0.05) is 13.1 Å². The Kier molecular flexibility index (Phi) is 20.9. The number of hydrogen-bond acceptors (Lipinski definition) is 3. The lowest BCUT2D eigenvalue weighted by Crippen LogP contribution is -2.34. The Hall–Kier alpha value is -0.770. The van der Waals surface area contributed by atoms with E-state index >= 15 is 0 Å². The first-order chi connectivity index (χ1) is 13.3. The summed E-state index contributed by atoms with van der Waals surface area (Å²) in [5.74, 6) is 0. The van der Waals surface area contributed by atoms with Gasteiger partial charge >= 0.3 is 6.09 Å². The molecule has 0 saturated heterocycles. The van der Waals surface area contributed by atoms with Crippen LogP contribution in [0.3, 0.4) is 0 Å². The zero-order valence-corrected chi connectivity index (χ0v) is 18.4. The highest BCUT2D eigenvalue weighted by molar-refractivity contribution is 5.67. The maximum Gasteiger partial charge on any atom is 0.409 e. The summed E-state index contributed by atoms with van der Waals surface area (Å²) in [5, 5.41) is 9.04. The topological polar surface area (TPSA) is 49.8 Å². The number of carbonyl (C=O) groups excluding carboxylic acids is 1. The van der Waals surface area contributed by atoms with Gasteiger partial charge in [0.1, 0.15) is 0 Å². The van der Waals surface area contributed by atoms with Gasteiger partial charge in [-0.2, -0.15) is 0 Å². The number of hydrogen-bond donors (Lipinski definition) is 1. The van der Waals surface area contributed by atoms with Gasteiger partial charge in [-0.05, 0) is 13.3 Å². The molecule has 1 amide bonds. The molecule has 0 aliphatic heterocycles. The second-order valence-corrected chi connectivity index (χ2v) is 7.71. The summed E-state index contributed by atoms with van der Waals surface area (Å²) in [5.41, 5.74) is 0. The number of amides is 1. The minimum absolute atomic E-state index is 0.00231. The van der Waals surface area contributed by atoms with Crippen molar-refractivity contribution >= 4 is 6.09 Å². The van der Waals surface area contributed by atoms with Crippen molar-refractivity contribution in [3.63, 3.8) is 0 Å². The van der Waals surface area contributed by atoms with Crippen LogP contribution in [0.5, 0.6) is 0 Å². The molecule has 0 aromatic carbocycles. The van der Waals surface area contributed by atoms with Crippen LogP contribution < -0.4 is 0 Å². The Morgan fingerprint density at radius 3 is 1.44 bits per heavy atom. The van der Waals surface area contributed by atoms with E-state index in [4.69, 9.17) is 9.84 Å². The molecule has 0 aromatic rings. The molecule has 0 spiro atoms. The average molecular weight is 386 g/mol. The van der Waals surface area contributed by atoms with E-state index in [9.17, 15) is 4.79 Å². The van der Waals surface area contributed by atoms with E-state index in [1.807, 2.05) is 6.92 Å². The van der Waals surface area contributed by atoms with Crippen molar-refractivity contribution < 1.29 is 14.6 Å². The van der Waals surface area contributed by atoms with Gasteiger partial charge in [0.15, 0.2) is 0 Å². The van der Waals surface area contributed by atoms with Crippen LogP contribution in [0.2, 0.25) is 0 Å². The minimum atomic E-state index is -0.299. The molecule has 0 unspecified atom stereocenters. The highest BCUT2D eigenvalue weighted by Gasteiger charge is 2.12. The normalized spacial score (nSPS) is 10.9. The molecule has 0 aliphatic rings. The van der Waals surface area contributed by atoms with Crippen molar-refractivity contribution in [1.82, 2.24) is 4.90 Å². The molecule has 0 heterocycles. The SMILES string of the molecule is CCCCCCCCCCCCCCCCCCN(CCO)C(=O)OCC. The zero-order chi connectivity index (χ0) is 20.0. The third-order valence-electron chi connectivity index (χ3n) is 5.18. The zero-order valence-electron chi connectivity index (χ0n) is 18.4. The summed E-state index contributed by atoms with van der Waals surface area (Å²) in [4.78, 5) is 13.3. The van der Waals surface area contributed by atoms with E-state index in [2.05, 4.69) is 6.92 Å². The van der Waals surface area contributed by atoms with Crippen LogP contribution in [-0.2, 0) is 4.74 Å². The average Bonchev–Trinajstić information content (AvgIpc) is 2.67. The first-order valence-electron chi connectivity index (χ1n) is 11.8.